The summed E-state index contributed by atoms with van der Waals surface area (Å²) >= 11 is 5.89. The second-order valence-electron chi connectivity index (χ2n) is 5.33. The van der Waals surface area contributed by atoms with Crippen LogP contribution in [0.1, 0.15) is 16.2 Å². The number of carbonyl (C=O) groups excluding carboxylic acids is 1. The van der Waals surface area contributed by atoms with Crippen LogP contribution in [0.4, 0.5) is 4.39 Å². The van der Waals surface area contributed by atoms with Crippen molar-refractivity contribution in [2.45, 2.75) is 0 Å². The molecule has 0 saturated carbocycles. The Labute approximate surface area is 151 Å². The van der Waals surface area contributed by atoms with Crippen LogP contribution in [-0.4, -0.2) is 25.7 Å². The van der Waals surface area contributed by atoms with Crippen LogP contribution in [0.15, 0.2) is 54.9 Å². The number of ether oxygens (including phenoxy) is 1. The molecule has 0 saturated heterocycles. The molecule has 0 bridgehead atoms. The maximum Gasteiger partial charge on any atom is 0.257 e. The molecule has 26 heavy (non-hydrogen) atoms. The second kappa shape index (κ2) is 6.53. The van der Waals surface area contributed by atoms with E-state index in [0.717, 1.165) is 0 Å². The highest BCUT2D eigenvalue weighted by Gasteiger charge is 2.16. The molecule has 1 N–H and O–H groups in total. The van der Waals surface area contributed by atoms with Gasteiger partial charge in [-0.1, -0.05) is 17.7 Å². The van der Waals surface area contributed by atoms with Gasteiger partial charge in [-0.05, 0) is 36.4 Å². The summed E-state index contributed by atoms with van der Waals surface area (Å²) in [6.45, 7) is 0. The third-order valence-electron chi connectivity index (χ3n) is 3.64. The predicted octanol–water partition coefficient (Wildman–Crippen LogP) is 4.17. The van der Waals surface area contributed by atoms with E-state index in [1.807, 2.05) is 0 Å². The summed E-state index contributed by atoms with van der Waals surface area (Å²) in [5.41, 5.74) is 0.973. The number of aromatic nitrogens is 4. The molecule has 2 aromatic heterocycles. The van der Waals surface area contributed by atoms with Crippen LogP contribution in [-0.2, 0) is 0 Å². The minimum atomic E-state index is -0.460. The van der Waals surface area contributed by atoms with Crippen molar-refractivity contribution >= 4 is 28.4 Å². The van der Waals surface area contributed by atoms with Gasteiger partial charge in [0.05, 0.1) is 5.52 Å². The number of H-pyrrole nitrogens is 1. The Kier molecular flexibility index (Phi) is 4.06. The number of carbonyl (C=O) groups is 1. The quantitative estimate of drug-likeness (QED) is 0.547. The van der Waals surface area contributed by atoms with Gasteiger partial charge in [-0.15, -0.1) is 0 Å². The minimum Gasteiger partial charge on any atom is -0.436 e. The summed E-state index contributed by atoms with van der Waals surface area (Å²) in [7, 11) is 0. The van der Waals surface area contributed by atoms with Gasteiger partial charge in [0.25, 0.3) is 5.88 Å². The van der Waals surface area contributed by atoms with Gasteiger partial charge in [-0.25, -0.2) is 19.3 Å². The maximum absolute atomic E-state index is 13.7. The standard InChI is InChI=1S/C18H10ClFN4O2/c19-16-18(22-9-8-21-16)26-11-6-4-10(5-7-11)15(25)17-23-13-3-1-2-12(20)14(13)24-17/h1-9H,(H,23,24). The molecule has 0 amide bonds. The molecule has 2 heterocycles. The Bertz CT molecular complexity index is 1110. The minimum absolute atomic E-state index is 0.0655. The first-order valence-corrected chi connectivity index (χ1v) is 7.93. The fourth-order valence-corrected chi connectivity index (χ4v) is 2.55. The zero-order valence-electron chi connectivity index (χ0n) is 13.1. The first-order valence-electron chi connectivity index (χ1n) is 7.55. The monoisotopic (exact) mass is 368 g/mol. The number of imidazole rings is 1. The normalized spacial score (nSPS) is 10.8. The zero-order valence-corrected chi connectivity index (χ0v) is 13.9. The van der Waals surface area contributed by atoms with Gasteiger partial charge in [0.1, 0.15) is 17.1 Å². The van der Waals surface area contributed by atoms with Gasteiger partial charge >= 0.3 is 0 Å². The molecular formula is C18H10ClFN4O2. The van der Waals surface area contributed by atoms with E-state index in [-0.39, 0.29) is 28.2 Å². The van der Waals surface area contributed by atoms with E-state index in [1.165, 1.54) is 24.5 Å². The summed E-state index contributed by atoms with van der Waals surface area (Å²) < 4.78 is 19.3. The first-order chi connectivity index (χ1) is 12.6. The molecule has 2 aromatic carbocycles. The molecule has 0 fully saturated rings. The molecule has 8 heteroatoms. The van der Waals surface area contributed by atoms with Crippen LogP contribution >= 0.6 is 11.6 Å². The SMILES string of the molecule is O=C(c1ccc(Oc2nccnc2Cl)cc1)c1nc2cccc(F)c2[nH]1. The van der Waals surface area contributed by atoms with Crippen molar-refractivity contribution in [3.05, 3.63) is 77.2 Å². The Morgan fingerprint density at radius 1 is 1.08 bits per heavy atom. The highest BCUT2D eigenvalue weighted by atomic mass is 35.5. The lowest BCUT2D eigenvalue weighted by Gasteiger charge is -2.05. The second-order valence-corrected chi connectivity index (χ2v) is 5.69. The molecule has 0 unspecified atom stereocenters. The van der Waals surface area contributed by atoms with E-state index >= 15 is 0 Å². The summed E-state index contributed by atoms with van der Waals surface area (Å²) in [6, 6.07) is 10.8. The summed E-state index contributed by atoms with van der Waals surface area (Å²) in [6.07, 6.45) is 2.91. The number of fused-ring (bicyclic) bond motifs is 1. The van der Waals surface area contributed by atoms with Crippen molar-refractivity contribution in [3.63, 3.8) is 0 Å². The number of aromatic amines is 1. The number of halogens is 2. The fourth-order valence-electron chi connectivity index (χ4n) is 2.40. The van der Waals surface area contributed by atoms with Crippen LogP contribution < -0.4 is 4.74 Å². The van der Waals surface area contributed by atoms with Crippen molar-refractivity contribution in [1.82, 2.24) is 19.9 Å². The number of nitrogens with one attached hydrogen (secondary N) is 1. The van der Waals surface area contributed by atoms with E-state index in [4.69, 9.17) is 16.3 Å². The maximum atomic E-state index is 13.7. The first kappa shape index (κ1) is 16.2. The Morgan fingerprint density at radius 3 is 2.58 bits per heavy atom. The van der Waals surface area contributed by atoms with Crippen molar-refractivity contribution < 1.29 is 13.9 Å². The van der Waals surface area contributed by atoms with Gasteiger partial charge in [0.2, 0.25) is 5.78 Å². The van der Waals surface area contributed by atoms with Crippen LogP contribution in [0.3, 0.4) is 0 Å². The number of hydrogen-bond donors (Lipinski definition) is 1. The number of ketones is 1. The summed E-state index contributed by atoms with van der Waals surface area (Å²) in [5.74, 6) is -0.139. The van der Waals surface area contributed by atoms with Gasteiger partial charge in [-0.2, -0.15) is 0 Å². The molecule has 0 spiro atoms. The Morgan fingerprint density at radius 2 is 1.85 bits per heavy atom. The molecule has 0 atom stereocenters. The molecule has 128 valence electrons. The van der Waals surface area contributed by atoms with Gasteiger partial charge < -0.3 is 9.72 Å². The lowest BCUT2D eigenvalue weighted by Crippen LogP contribution is -2.03. The number of nitrogens with zero attached hydrogens (tertiary/aromatic N) is 3. The zero-order chi connectivity index (χ0) is 18.1. The molecular weight excluding hydrogens is 359 g/mol. The van der Waals surface area contributed by atoms with Crippen molar-refractivity contribution in [2.24, 2.45) is 0 Å². The average Bonchev–Trinajstić information content (AvgIpc) is 3.09. The average molecular weight is 369 g/mol. The molecule has 0 aliphatic heterocycles. The third-order valence-corrected chi connectivity index (χ3v) is 3.90. The van der Waals surface area contributed by atoms with E-state index in [1.54, 1.807) is 30.3 Å². The third kappa shape index (κ3) is 3.00. The molecule has 4 rings (SSSR count). The molecule has 0 aliphatic rings. The highest BCUT2D eigenvalue weighted by molar-refractivity contribution is 6.30. The van der Waals surface area contributed by atoms with Gasteiger partial charge in [0.15, 0.2) is 11.0 Å². The van der Waals surface area contributed by atoms with E-state index < -0.39 is 5.82 Å². The lowest BCUT2D eigenvalue weighted by molar-refractivity contribution is 0.103. The molecule has 6 nitrogen and oxygen atoms in total. The fraction of sp³-hybridized carbons (Fsp3) is 0. The smallest absolute Gasteiger partial charge is 0.257 e. The van der Waals surface area contributed by atoms with E-state index in [0.29, 0.717) is 16.8 Å². The topological polar surface area (TPSA) is 80.8 Å². The molecule has 4 aromatic rings. The summed E-state index contributed by atoms with van der Waals surface area (Å²) in [4.78, 5) is 27.3. The summed E-state index contributed by atoms with van der Waals surface area (Å²) in [5, 5.41) is 0.136. The van der Waals surface area contributed by atoms with Crippen molar-refractivity contribution in [1.29, 1.82) is 0 Å². The largest absolute Gasteiger partial charge is 0.436 e. The number of rotatable bonds is 4. The highest BCUT2D eigenvalue weighted by Crippen LogP contribution is 2.25. The molecule has 0 aliphatic carbocycles. The number of hydrogen-bond acceptors (Lipinski definition) is 5. The Hall–Kier alpha value is -3.32. The van der Waals surface area contributed by atoms with Crippen LogP contribution in [0, 0.1) is 5.82 Å². The van der Waals surface area contributed by atoms with Crippen LogP contribution in [0.25, 0.3) is 11.0 Å². The predicted molar refractivity (Wildman–Crippen MR) is 93.0 cm³/mol. The van der Waals surface area contributed by atoms with Crippen molar-refractivity contribution in [2.75, 3.05) is 0 Å². The molecule has 0 radical (unpaired) electrons. The van der Waals surface area contributed by atoms with Gasteiger partial charge in [0, 0.05) is 18.0 Å². The lowest BCUT2D eigenvalue weighted by atomic mass is 10.1. The van der Waals surface area contributed by atoms with E-state index in [2.05, 4.69) is 19.9 Å². The van der Waals surface area contributed by atoms with Gasteiger partial charge in [-0.3, -0.25) is 4.79 Å². The van der Waals surface area contributed by atoms with Crippen LogP contribution in [0.5, 0.6) is 11.6 Å². The van der Waals surface area contributed by atoms with Crippen molar-refractivity contribution in [3.8, 4) is 11.6 Å². The van der Waals surface area contributed by atoms with E-state index in [9.17, 15) is 9.18 Å². The number of benzene rings is 2. The Balaban J connectivity index is 1.58. The number of para-hydroxylation sites is 1. The van der Waals surface area contributed by atoms with Crippen LogP contribution in [0.2, 0.25) is 5.15 Å².